The van der Waals surface area contributed by atoms with Gasteiger partial charge in [-0.05, 0) is 19.9 Å². The number of thiophene rings is 1. The molecule has 0 fully saturated rings. The summed E-state index contributed by atoms with van der Waals surface area (Å²) in [5.41, 5.74) is 2.56. The minimum Gasteiger partial charge on any atom is -0.297 e. The highest BCUT2D eigenvalue weighted by Crippen LogP contribution is 2.21. The van der Waals surface area contributed by atoms with E-state index in [2.05, 4.69) is 16.9 Å². The van der Waals surface area contributed by atoms with E-state index in [9.17, 15) is 4.79 Å². The predicted octanol–water partition coefficient (Wildman–Crippen LogP) is 2.29. The summed E-state index contributed by atoms with van der Waals surface area (Å²) in [6, 6.07) is 1.96. The molecule has 0 saturated heterocycles. The fourth-order valence-electron chi connectivity index (χ4n) is 3.31. The van der Waals surface area contributed by atoms with Gasteiger partial charge in [0.15, 0.2) is 0 Å². The first-order valence-corrected chi connectivity index (χ1v) is 9.04. The minimum absolute atomic E-state index is 0. The highest BCUT2D eigenvalue weighted by atomic mass is 35.5. The molecule has 0 aliphatic carbocycles. The SMILES string of the molecule is Cc1cc2c(=O)n3c(nc2s1)CCN(Cc1cnn(C)c1C)CC3.Cl. The number of halogens is 1. The molecular weight excluding hydrogens is 358 g/mol. The van der Waals surface area contributed by atoms with Crippen molar-refractivity contribution in [2.45, 2.75) is 33.4 Å². The second kappa shape index (κ2) is 6.90. The number of aryl methyl sites for hydroxylation is 2. The van der Waals surface area contributed by atoms with Crippen LogP contribution in [0.25, 0.3) is 10.2 Å². The Kier molecular flexibility index (Phi) is 4.99. The molecule has 6 nitrogen and oxygen atoms in total. The minimum atomic E-state index is 0. The Labute approximate surface area is 156 Å². The summed E-state index contributed by atoms with van der Waals surface area (Å²) in [7, 11) is 1.97. The van der Waals surface area contributed by atoms with Crippen molar-refractivity contribution in [3.63, 3.8) is 0 Å². The highest BCUT2D eigenvalue weighted by molar-refractivity contribution is 7.18. The van der Waals surface area contributed by atoms with Crippen LogP contribution in [0.3, 0.4) is 0 Å². The fraction of sp³-hybridized carbons (Fsp3) is 0.471. The molecule has 0 unspecified atom stereocenters. The molecule has 0 atom stereocenters. The second-order valence-electron chi connectivity index (χ2n) is 6.47. The van der Waals surface area contributed by atoms with Gasteiger partial charge in [0.05, 0.1) is 11.6 Å². The van der Waals surface area contributed by atoms with E-state index in [0.29, 0.717) is 6.54 Å². The zero-order valence-electron chi connectivity index (χ0n) is 14.7. The fourth-order valence-corrected chi connectivity index (χ4v) is 4.20. The van der Waals surface area contributed by atoms with Crippen LogP contribution in [0.5, 0.6) is 0 Å². The molecular formula is C17H22ClN5OS. The molecule has 0 spiro atoms. The molecule has 3 aromatic rings. The summed E-state index contributed by atoms with van der Waals surface area (Å²) in [6.07, 6.45) is 2.75. The van der Waals surface area contributed by atoms with Gasteiger partial charge in [-0.1, -0.05) is 0 Å². The van der Waals surface area contributed by atoms with E-state index < -0.39 is 0 Å². The average Bonchev–Trinajstić information content (AvgIpc) is 2.99. The monoisotopic (exact) mass is 379 g/mol. The van der Waals surface area contributed by atoms with Crippen molar-refractivity contribution >= 4 is 34.0 Å². The van der Waals surface area contributed by atoms with Gasteiger partial charge in [-0.2, -0.15) is 5.10 Å². The van der Waals surface area contributed by atoms with E-state index in [0.717, 1.165) is 47.0 Å². The Morgan fingerprint density at radius 1 is 1.24 bits per heavy atom. The van der Waals surface area contributed by atoms with Crippen LogP contribution in [0.4, 0.5) is 0 Å². The van der Waals surface area contributed by atoms with Crippen molar-refractivity contribution in [3.05, 3.63) is 44.6 Å². The predicted molar refractivity (Wildman–Crippen MR) is 103 cm³/mol. The number of hydrogen-bond donors (Lipinski definition) is 0. The number of hydrogen-bond acceptors (Lipinski definition) is 5. The van der Waals surface area contributed by atoms with Gasteiger partial charge in [0.25, 0.3) is 5.56 Å². The summed E-state index contributed by atoms with van der Waals surface area (Å²) >= 11 is 1.60. The van der Waals surface area contributed by atoms with Gasteiger partial charge in [-0.25, -0.2) is 4.98 Å². The third-order valence-electron chi connectivity index (χ3n) is 4.88. The topological polar surface area (TPSA) is 56.0 Å². The lowest BCUT2D eigenvalue weighted by atomic mass is 10.2. The van der Waals surface area contributed by atoms with E-state index in [1.807, 2.05) is 35.5 Å². The van der Waals surface area contributed by atoms with Crippen molar-refractivity contribution in [1.82, 2.24) is 24.2 Å². The van der Waals surface area contributed by atoms with Gasteiger partial charge in [0.1, 0.15) is 10.7 Å². The Morgan fingerprint density at radius 3 is 2.76 bits per heavy atom. The molecule has 0 amide bonds. The van der Waals surface area contributed by atoms with E-state index in [-0.39, 0.29) is 18.0 Å². The third-order valence-corrected chi connectivity index (χ3v) is 5.82. The molecule has 8 heteroatoms. The molecule has 0 aromatic carbocycles. The molecule has 0 radical (unpaired) electrons. The van der Waals surface area contributed by atoms with Crippen LogP contribution in [0, 0.1) is 13.8 Å². The van der Waals surface area contributed by atoms with Gasteiger partial charge >= 0.3 is 0 Å². The van der Waals surface area contributed by atoms with Crippen LogP contribution in [-0.4, -0.2) is 37.3 Å². The van der Waals surface area contributed by atoms with E-state index >= 15 is 0 Å². The van der Waals surface area contributed by atoms with Crippen molar-refractivity contribution < 1.29 is 0 Å². The first kappa shape index (κ1) is 18.1. The van der Waals surface area contributed by atoms with Crippen molar-refractivity contribution in [1.29, 1.82) is 0 Å². The van der Waals surface area contributed by atoms with Crippen LogP contribution in [0.15, 0.2) is 17.1 Å². The Morgan fingerprint density at radius 2 is 2.04 bits per heavy atom. The van der Waals surface area contributed by atoms with Crippen LogP contribution in [-0.2, 0) is 26.6 Å². The molecule has 1 aliphatic heterocycles. The molecule has 4 heterocycles. The van der Waals surface area contributed by atoms with Crippen molar-refractivity contribution in [2.75, 3.05) is 13.1 Å². The van der Waals surface area contributed by atoms with Crippen molar-refractivity contribution in [2.24, 2.45) is 7.05 Å². The standard InChI is InChI=1S/C17H21N5OS.ClH/c1-11-8-14-16(24-11)19-15-4-5-21(6-7-22(15)17(14)23)10-13-9-18-20(3)12(13)2;/h8-9H,4-7,10H2,1-3H3;1H. The number of aromatic nitrogens is 4. The van der Waals surface area contributed by atoms with Gasteiger partial charge in [-0.15, -0.1) is 23.7 Å². The maximum Gasteiger partial charge on any atom is 0.262 e. The van der Waals surface area contributed by atoms with Gasteiger partial charge < -0.3 is 0 Å². The Bertz CT molecular complexity index is 973. The zero-order valence-corrected chi connectivity index (χ0v) is 16.3. The summed E-state index contributed by atoms with van der Waals surface area (Å²) in [5, 5.41) is 5.08. The number of fused-ring (bicyclic) bond motifs is 2. The van der Waals surface area contributed by atoms with Crippen LogP contribution in [0.1, 0.15) is 22.0 Å². The smallest absolute Gasteiger partial charge is 0.262 e. The van der Waals surface area contributed by atoms with Crippen LogP contribution in [0.2, 0.25) is 0 Å². The number of rotatable bonds is 2. The summed E-state index contributed by atoms with van der Waals surface area (Å²) in [5.74, 6) is 0.916. The Balaban J connectivity index is 0.00000182. The lowest BCUT2D eigenvalue weighted by molar-refractivity contribution is 0.270. The van der Waals surface area contributed by atoms with Crippen LogP contribution >= 0.6 is 23.7 Å². The van der Waals surface area contributed by atoms with Gasteiger partial charge in [0.2, 0.25) is 0 Å². The van der Waals surface area contributed by atoms with Gasteiger partial charge in [0, 0.05) is 55.8 Å². The highest BCUT2D eigenvalue weighted by Gasteiger charge is 2.19. The molecule has 3 aromatic heterocycles. The Hall–Kier alpha value is -1.70. The van der Waals surface area contributed by atoms with Crippen molar-refractivity contribution in [3.8, 4) is 0 Å². The average molecular weight is 380 g/mol. The molecule has 0 saturated carbocycles. The van der Waals surface area contributed by atoms with E-state index in [1.54, 1.807) is 11.3 Å². The molecule has 1 aliphatic rings. The summed E-state index contributed by atoms with van der Waals surface area (Å²) < 4.78 is 3.77. The van der Waals surface area contributed by atoms with E-state index in [4.69, 9.17) is 4.98 Å². The first-order chi connectivity index (χ1) is 11.5. The zero-order chi connectivity index (χ0) is 16.8. The summed E-state index contributed by atoms with van der Waals surface area (Å²) in [4.78, 5) is 21.9. The van der Waals surface area contributed by atoms with E-state index in [1.165, 1.54) is 11.3 Å². The largest absolute Gasteiger partial charge is 0.297 e. The molecule has 0 N–H and O–H groups in total. The first-order valence-electron chi connectivity index (χ1n) is 8.22. The maximum absolute atomic E-state index is 12.8. The molecule has 134 valence electrons. The summed E-state index contributed by atoms with van der Waals surface area (Å²) in [6.45, 7) is 7.46. The molecule has 4 rings (SSSR count). The second-order valence-corrected chi connectivity index (χ2v) is 7.70. The molecule has 0 bridgehead atoms. The normalized spacial score (nSPS) is 15.0. The quantitative estimate of drug-likeness (QED) is 0.685. The van der Waals surface area contributed by atoms with Gasteiger partial charge in [-0.3, -0.25) is 18.9 Å². The number of nitrogens with zero attached hydrogens (tertiary/aromatic N) is 5. The maximum atomic E-state index is 12.8. The lowest BCUT2D eigenvalue weighted by Crippen LogP contribution is -2.28. The third kappa shape index (κ3) is 3.23. The van der Waals surface area contributed by atoms with Crippen LogP contribution < -0.4 is 5.56 Å². The lowest BCUT2D eigenvalue weighted by Gasteiger charge is -2.18. The molecule has 25 heavy (non-hydrogen) atoms.